The lowest BCUT2D eigenvalue weighted by Gasteiger charge is -2.42. The molecule has 0 unspecified atom stereocenters. The SMILES string of the molecule is CCS(=O)(=O)N1CCC(C(=O)N(C)CCC(=O)O)(c2ccccc2)CC1. The van der Waals surface area contributed by atoms with E-state index in [2.05, 4.69) is 0 Å². The Labute approximate surface area is 154 Å². The van der Waals surface area contributed by atoms with Gasteiger partial charge in [0.1, 0.15) is 0 Å². The first-order valence-corrected chi connectivity index (χ1v) is 10.3. The van der Waals surface area contributed by atoms with Gasteiger partial charge >= 0.3 is 5.97 Å². The predicted octanol–water partition coefficient (Wildman–Crippen LogP) is 1.30. The molecule has 1 N–H and O–H groups in total. The van der Waals surface area contributed by atoms with Gasteiger partial charge in [-0.1, -0.05) is 30.3 Å². The number of carbonyl (C=O) groups is 2. The Hall–Kier alpha value is -1.93. The summed E-state index contributed by atoms with van der Waals surface area (Å²) in [6, 6.07) is 9.35. The van der Waals surface area contributed by atoms with Crippen LogP contribution in [-0.4, -0.2) is 67.0 Å². The van der Waals surface area contributed by atoms with Crippen LogP contribution in [0.2, 0.25) is 0 Å². The van der Waals surface area contributed by atoms with Crippen LogP contribution in [0.25, 0.3) is 0 Å². The van der Waals surface area contributed by atoms with Crippen molar-refractivity contribution in [2.45, 2.75) is 31.6 Å². The third kappa shape index (κ3) is 4.24. The predicted molar refractivity (Wildman–Crippen MR) is 98.3 cm³/mol. The summed E-state index contributed by atoms with van der Waals surface area (Å²) in [6.07, 6.45) is 0.641. The molecule has 7 nitrogen and oxygen atoms in total. The van der Waals surface area contributed by atoms with Crippen LogP contribution in [0.1, 0.15) is 31.7 Å². The molecule has 0 bridgehead atoms. The van der Waals surface area contributed by atoms with E-state index in [1.807, 2.05) is 30.3 Å². The highest BCUT2D eigenvalue weighted by Crippen LogP contribution is 2.38. The topological polar surface area (TPSA) is 95.0 Å². The van der Waals surface area contributed by atoms with Crippen LogP contribution in [0.4, 0.5) is 0 Å². The Morgan fingerprint density at radius 3 is 2.27 bits per heavy atom. The van der Waals surface area contributed by atoms with Crippen LogP contribution < -0.4 is 0 Å². The number of rotatable bonds is 7. The van der Waals surface area contributed by atoms with Gasteiger partial charge in [-0.25, -0.2) is 12.7 Å². The quantitative estimate of drug-likeness (QED) is 0.767. The van der Waals surface area contributed by atoms with Crippen molar-refractivity contribution in [2.24, 2.45) is 0 Å². The van der Waals surface area contributed by atoms with Crippen molar-refractivity contribution >= 4 is 21.9 Å². The highest BCUT2D eigenvalue weighted by molar-refractivity contribution is 7.89. The maximum Gasteiger partial charge on any atom is 0.305 e. The molecule has 1 aliphatic heterocycles. The molecule has 8 heteroatoms. The van der Waals surface area contributed by atoms with Crippen molar-refractivity contribution in [3.05, 3.63) is 35.9 Å². The number of aliphatic carboxylic acids is 1. The third-order valence-corrected chi connectivity index (χ3v) is 6.96. The summed E-state index contributed by atoms with van der Waals surface area (Å²) in [7, 11) is -1.69. The van der Waals surface area contributed by atoms with E-state index >= 15 is 0 Å². The summed E-state index contributed by atoms with van der Waals surface area (Å²) in [4.78, 5) is 25.5. The summed E-state index contributed by atoms with van der Waals surface area (Å²) in [5.74, 6) is -1.07. The smallest absolute Gasteiger partial charge is 0.305 e. The number of hydrogen-bond acceptors (Lipinski definition) is 4. The van der Waals surface area contributed by atoms with Gasteiger partial charge in [0.2, 0.25) is 15.9 Å². The first-order valence-electron chi connectivity index (χ1n) is 8.73. The van der Waals surface area contributed by atoms with E-state index in [1.54, 1.807) is 14.0 Å². The fourth-order valence-electron chi connectivity index (χ4n) is 3.44. The molecule has 0 radical (unpaired) electrons. The fourth-order valence-corrected chi connectivity index (χ4v) is 4.55. The fraction of sp³-hybridized carbons (Fsp3) is 0.556. The van der Waals surface area contributed by atoms with Crippen molar-refractivity contribution < 1.29 is 23.1 Å². The van der Waals surface area contributed by atoms with Gasteiger partial charge in [-0.2, -0.15) is 0 Å². The molecular formula is C18H26N2O5S. The molecule has 1 saturated heterocycles. The zero-order valence-corrected chi connectivity index (χ0v) is 16.0. The molecule has 0 atom stereocenters. The van der Waals surface area contributed by atoms with Crippen molar-refractivity contribution in [1.29, 1.82) is 0 Å². The monoisotopic (exact) mass is 382 g/mol. The molecule has 1 fully saturated rings. The van der Waals surface area contributed by atoms with Gasteiger partial charge in [0.25, 0.3) is 0 Å². The number of carboxylic acids is 1. The van der Waals surface area contributed by atoms with Gasteiger partial charge in [0.05, 0.1) is 17.6 Å². The largest absolute Gasteiger partial charge is 0.481 e. The molecule has 26 heavy (non-hydrogen) atoms. The van der Waals surface area contributed by atoms with E-state index in [-0.39, 0.29) is 37.7 Å². The van der Waals surface area contributed by atoms with Gasteiger partial charge in [-0.05, 0) is 25.3 Å². The molecule has 1 aliphatic rings. The van der Waals surface area contributed by atoms with Crippen LogP contribution in [0.3, 0.4) is 0 Å². The standard InChI is InChI=1S/C18H26N2O5S/c1-3-26(24,25)20-13-10-18(11-14-20,15-7-5-4-6-8-15)17(23)19(2)12-9-16(21)22/h4-8H,3,9-14H2,1-2H3,(H,21,22). The lowest BCUT2D eigenvalue weighted by Crippen LogP contribution is -2.53. The first-order chi connectivity index (χ1) is 12.2. The summed E-state index contributed by atoms with van der Waals surface area (Å²) >= 11 is 0. The number of amides is 1. The number of piperidine rings is 1. The molecule has 1 heterocycles. The molecule has 2 rings (SSSR count). The Morgan fingerprint density at radius 2 is 1.77 bits per heavy atom. The van der Waals surface area contributed by atoms with Gasteiger partial charge in [-0.15, -0.1) is 0 Å². The normalized spacial score (nSPS) is 17.6. The summed E-state index contributed by atoms with van der Waals surface area (Å²) in [6.45, 7) is 2.30. The number of hydrogen-bond donors (Lipinski definition) is 1. The van der Waals surface area contributed by atoms with E-state index in [4.69, 9.17) is 5.11 Å². The minimum Gasteiger partial charge on any atom is -0.481 e. The van der Waals surface area contributed by atoms with E-state index in [0.717, 1.165) is 5.56 Å². The number of likely N-dealkylation sites (N-methyl/N-ethyl adjacent to an activating group) is 1. The second-order valence-electron chi connectivity index (χ2n) is 6.62. The number of carbonyl (C=O) groups excluding carboxylic acids is 1. The summed E-state index contributed by atoms with van der Waals surface area (Å²) in [5, 5.41) is 8.88. The molecule has 144 valence electrons. The molecule has 0 saturated carbocycles. The lowest BCUT2D eigenvalue weighted by atomic mass is 9.72. The maximum atomic E-state index is 13.2. The van der Waals surface area contributed by atoms with E-state index in [9.17, 15) is 18.0 Å². The van der Waals surface area contributed by atoms with Gasteiger partial charge in [0.15, 0.2) is 0 Å². The van der Waals surface area contributed by atoms with Crippen LogP contribution >= 0.6 is 0 Å². The van der Waals surface area contributed by atoms with Crippen molar-refractivity contribution in [2.75, 3.05) is 32.4 Å². The summed E-state index contributed by atoms with van der Waals surface area (Å²) < 4.78 is 25.7. The zero-order valence-electron chi connectivity index (χ0n) is 15.2. The minimum atomic E-state index is -3.29. The van der Waals surface area contributed by atoms with Crippen LogP contribution in [0, 0.1) is 0 Å². The number of sulfonamides is 1. The van der Waals surface area contributed by atoms with Crippen LogP contribution in [0.15, 0.2) is 30.3 Å². The highest BCUT2D eigenvalue weighted by atomic mass is 32.2. The van der Waals surface area contributed by atoms with Gasteiger partial charge < -0.3 is 10.0 Å². The Balaban J connectivity index is 2.29. The van der Waals surface area contributed by atoms with Crippen LogP contribution in [0.5, 0.6) is 0 Å². The maximum absolute atomic E-state index is 13.2. The average Bonchev–Trinajstić information content (AvgIpc) is 2.66. The minimum absolute atomic E-state index is 0.0395. The number of benzene rings is 1. The van der Waals surface area contributed by atoms with Gasteiger partial charge in [-0.3, -0.25) is 9.59 Å². The second kappa shape index (κ2) is 8.18. The molecule has 1 aromatic rings. The second-order valence-corrected chi connectivity index (χ2v) is 8.88. The Kier molecular flexibility index (Phi) is 6.41. The van der Waals surface area contributed by atoms with Crippen molar-refractivity contribution in [3.8, 4) is 0 Å². The highest BCUT2D eigenvalue weighted by Gasteiger charge is 2.45. The Morgan fingerprint density at radius 1 is 1.19 bits per heavy atom. The van der Waals surface area contributed by atoms with E-state index in [0.29, 0.717) is 12.8 Å². The number of nitrogens with zero attached hydrogens (tertiary/aromatic N) is 2. The summed E-state index contributed by atoms with van der Waals surface area (Å²) in [5.41, 5.74) is 0.0228. The van der Waals surface area contributed by atoms with E-state index in [1.165, 1.54) is 9.21 Å². The third-order valence-electron chi connectivity index (χ3n) is 5.08. The van der Waals surface area contributed by atoms with Crippen molar-refractivity contribution in [3.63, 3.8) is 0 Å². The molecule has 0 aromatic heterocycles. The van der Waals surface area contributed by atoms with Gasteiger partial charge in [0, 0.05) is 26.7 Å². The molecule has 1 aromatic carbocycles. The van der Waals surface area contributed by atoms with E-state index < -0.39 is 21.4 Å². The number of carboxylic acid groups (broad SMARTS) is 1. The molecule has 0 aliphatic carbocycles. The van der Waals surface area contributed by atoms with Crippen LogP contribution in [-0.2, 0) is 25.0 Å². The Bertz CT molecular complexity index is 740. The molecule has 1 amide bonds. The lowest BCUT2D eigenvalue weighted by molar-refractivity contribution is -0.140. The molecular weight excluding hydrogens is 356 g/mol. The first kappa shape index (κ1) is 20.4. The zero-order chi connectivity index (χ0) is 19.4. The molecule has 0 spiro atoms. The average molecular weight is 382 g/mol. The van der Waals surface area contributed by atoms with Crippen molar-refractivity contribution in [1.82, 2.24) is 9.21 Å².